The first-order valence-electron chi connectivity index (χ1n) is 4.05. The fourth-order valence-corrected chi connectivity index (χ4v) is 0.867. The minimum atomic E-state index is 0. The lowest BCUT2D eigenvalue weighted by Gasteiger charge is -2.11. The van der Waals surface area contributed by atoms with Crippen molar-refractivity contribution < 1.29 is 9.54 Å². The average Bonchev–Trinajstić information content (AvgIpc) is 2.64. The first-order chi connectivity index (χ1) is 5.50. The van der Waals surface area contributed by atoms with E-state index in [2.05, 4.69) is 20.6 Å². The van der Waals surface area contributed by atoms with E-state index >= 15 is 0 Å². The lowest BCUT2D eigenvalue weighted by atomic mass is 10.4. The Morgan fingerprint density at radius 3 is 1.83 bits per heavy atom. The van der Waals surface area contributed by atoms with Gasteiger partial charge in [-0.1, -0.05) is 5.16 Å². The molecule has 2 aliphatic heterocycles. The van der Waals surface area contributed by atoms with Gasteiger partial charge in [-0.15, -0.1) is 0 Å². The third-order valence-corrected chi connectivity index (χ3v) is 1.44. The van der Waals surface area contributed by atoms with Crippen LogP contribution in [0.2, 0.25) is 0 Å². The SMILES string of the molecule is C1=NOCC1.C1CNCCN1.F. The Bertz CT molecular complexity index is 99.7. The molecule has 4 nitrogen and oxygen atoms in total. The molecule has 0 saturated carbocycles. The van der Waals surface area contributed by atoms with Crippen LogP contribution in [0.3, 0.4) is 0 Å². The second-order valence-electron chi connectivity index (χ2n) is 2.41. The van der Waals surface area contributed by atoms with Crippen molar-refractivity contribution in [3.8, 4) is 0 Å². The van der Waals surface area contributed by atoms with Crippen LogP contribution in [-0.4, -0.2) is 39.0 Å². The van der Waals surface area contributed by atoms with Gasteiger partial charge in [-0.3, -0.25) is 4.70 Å². The predicted molar refractivity (Wildman–Crippen MR) is 47.3 cm³/mol. The smallest absolute Gasteiger partial charge is 0.122 e. The van der Waals surface area contributed by atoms with Gasteiger partial charge in [-0.25, -0.2) is 0 Å². The molecule has 0 aliphatic carbocycles. The highest BCUT2D eigenvalue weighted by molar-refractivity contribution is 5.57. The van der Waals surface area contributed by atoms with Gasteiger partial charge < -0.3 is 15.5 Å². The molecule has 12 heavy (non-hydrogen) atoms. The molecule has 0 aromatic carbocycles. The number of rotatable bonds is 0. The predicted octanol–water partition coefficient (Wildman–Crippen LogP) is -0.276. The Morgan fingerprint density at radius 1 is 1.08 bits per heavy atom. The van der Waals surface area contributed by atoms with Gasteiger partial charge in [0.05, 0.1) is 0 Å². The van der Waals surface area contributed by atoms with E-state index in [1.807, 2.05) is 0 Å². The molecule has 1 saturated heterocycles. The molecular weight excluding hydrogens is 161 g/mol. The highest BCUT2D eigenvalue weighted by atomic mass is 19.0. The molecule has 2 rings (SSSR count). The summed E-state index contributed by atoms with van der Waals surface area (Å²) in [6, 6.07) is 0. The topological polar surface area (TPSA) is 45.6 Å². The van der Waals surface area contributed by atoms with Crippen LogP contribution >= 0.6 is 0 Å². The van der Waals surface area contributed by atoms with Crippen LogP contribution < -0.4 is 10.6 Å². The molecule has 72 valence electrons. The Kier molecular flexibility index (Phi) is 7.94. The summed E-state index contributed by atoms with van der Waals surface area (Å²) in [7, 11) is 0. The quantitative estimate of drug-likeness (QED) is 0.535. The highest BCUT2D eigenvalue weighted by Crippen LogP contribution is 1.86. The van der Waals surface area contributed by atoms with Crippen LogP contribution in [0.4, 0.5) is 4.70 Å². The zero-order valence-electron chi connectivity index (χ0n) is 7.08. The van der Waals surface area contributed by atoms with Gasteiger partial charge in [0, 0.05) is 38.8 Å². The monoisotopic (exact) mass is 177 g/mol. The molecule has 2 aliphatic rings. The number of nitrogens with zero attached hydrogens (tertiary/aromatic N) is 1. The molecule has 0 atom stereocenters. The molecule has 0 radical (unpaired) electrons. The van der Waals surface area contributed by atoms with Gasteiger partial charge >= 0.3 is 0 Å². The van der Waals surface area contributed by atoms with Crippen molar-refractivity contribution in [2.75, 3.05) is 32.8 Å². The van der Waals surface area contributed by atoms with Gasteiger partial charge in [-0.05, 0) is 0 Å². The molecule has 0 amide bonds. The number of hydrogen-bond acceptors (Lipinski definition) is 4. The molecule has 0 aromatic rings. The van der Waals surface area contributed by atoms with E-state index in [0.29, 0.717) is 0 Å². The van der Waals surface area contributed by atoms with Crippen molar-refractivity contribution in [1.29, 1.82) is 0 Å². The van der Waals surface area contributed by atoms with Crippen LogP contribution in [0.1, 0.15) is 6.42 Å². The second kappa shape index (κ2) is 8.42. The minimum Gasteiger partial charge on any atom is -0.396 e. The standard InChI is InChI=1S/C4H10N2.C3H5NO.FH/c1-2-6-4-3-5-1;1-2-4-5-3-1;/h5-6H,1-4H2;2H,1,3H2;1H. The van der Waals surface area contributed by atoms with Crippen molar-refractivity contribution in [3.63, 3.8) is 0 Å². The lowest BCUT2D eigenvalue weighted by molar-refractivity contribution is 0.174. The van der Waals surface area contributed by atoms with Gasteiger partial charge in [-0.2, -0.15) is 0 Å². The molecule has 0 unspecified atom stereocenters. The minimum absolute atomic E-state index is 0. The molecule has 1 fully saturated rings. The van der Waals surface area contributed by atoms with E-state index in [1.165, 1.54) is 0 Å². The van der Waals surface area contributed by atoms with Crippen molar-refractivity contribution >= 4 is 6.21 Å². The highest BCUT2D eigenvalue weighted by Gasteiger charge is 1.91. The van der Waals surface area contributed by atoms with Crippen molar-refractivity contribution in [2.24, 2.45) is 5.16 Å². The van der Waals surface area contributed by atoms with Crippen molar-refractivity contribution in [1.82, 2.24) is 10.6 Å². The first-order valence-corrected chi connectivity index (χ1v) is 4.05. The fourth-order valence-electron chi connectivity index (χ4n) is 0.867. The van der Waals surface area contributed by atoms with E-state index in [1.54, 1.807) is 6.21 Å². The van der Waals surface area contributed by atoms with E-state index in [0.717, 1.165) is 39.2 Å². The van der Waals surface area contributed by atoms with Gasteiger partial charge in [0.15, 0.2) is 0 Å². The zero-order valence-corrected chi connectivity index (χ0v) is 7.08. The Balaban J connectivity index is 0.000000189. The molecule has 0 aromatic heterocycles. The average molecular weight is 177 g/mol. The van der Waals surface area contributed by atoms with Crippen molar-refractivity contribution in [2.45, 2.75) is 6.42 Å². The zero-order chi connectivity index (χ0) is 7.78. The summed E-state index contributed by atoms with van der Waals surface area (Å²) in [5.41, 5.74) is 0. The molecular formula is C7H16FN3O. The van der Waals surface area contributed by atoms with Gasteiger partial charge in [0.25, 0.3) is 0 Å². The summed E-state index contributed by atoms with van der Waals surface area (Å²) in [5.74, 6) is 0. The van der Waals surface area contributed by atoms with Crippen LogP contribution in [-0.2, 0) is 4.84 Å². The van der Waals surface area contributed by atoms with E-state index < -0.39 is 0 Å². The number of nitrogens with one attached hydrogen (secondary N) is 2. The van der Waals surface area contributed by atoms with Crippen LogP contribution in [0.25, 0.3) is 0 Å². The largest absolute Gasteiger partial charge is 0.396 e. The summed E-state index contributed by atoms with van der Waals surface area (Å²) in [5, 5.41) is 9.90. The molecule has 5 heteroatoms. The lowest BCUT2D eigenvalue weighted by Crippen LogP contribution is -2.39. The Morgan fingerprint density at radius 2 is 1.67 bits per heavy atom. The first kappa shape index (κ1) is 11.3. The maximum atomic E-state index is 4.51. The molecule has 0 bridgehead atoms. The van der Waals surface area contributed by atoms with Crippen LogP contribution in [0, 0.1) is 0 Å². The summed E-state index contributed by atoms with van der Waals surface area (Å²) in [4.78, 5) is 4.51. The number of hydrogen-bond donors (Lipinski definition) is 2. The summed E-state index contributed by atoms with van der Waals surface area (Å²) >= 11 is 0. The summed E-state index contributed by atoms with van der Waals surface area (Å²) in [6.45, 7) is 5.33. The van der Waals surface area contributed by atoms with Crippen LogP contribution in [0.15, 0.2) is 5.16 Å². The van der Waals surface area contributed by atoms with E-state index in [9.17, 15) is 0 Å². The maximum absolute atomic E-state index is 4.51. The van der Waals surface area contributed by atoms with Gasteiger partial charge in [0.2, 0.25) is 0 Å². The van der Waals surface area contributed by atoms with Crippen molar-refractivity contribution in [3.05, 3.63) is 0 Å². The summed E-state index contributed by atoms with van der Waals surface area (Å²) < 4.78 is 0. The fraction of sp³-hybridized carbons (Fsp3) is 0.857. The summed E-state index contributed by atoms with van der Waals surface area (Å²) in [6.07, 6.45) is 2.75. The normalized spacial score (nSPS) is 20.0. The Labute approximate surface area is 71.7 Å². The molecule has 0 spiro atoms. The maximum Gasteiger partial charge on any atom is 0.122 e. The third kappa shape index (κ3) is 6.06. The van der Waals surface area contributed by atoms with E-state index in [4.69, 9.17) is 0 Å². The number of piperazine rings is 1. The second-order valence-corrected chi connectivity index (χ2v) is 2.41. The number of halogens is 1. The molecule has 2 N–H and O–H groups in total. The Hall–Kier alpha value is -0.680. The van der Waals surface area contributed by atoms with E-state index in [-0.39, 0.29) is 4.70 Å². The number of oxime groups is 1. The van der Waals surface area contributed by atoms with Gasteiger partial charge in [0.1, 0.15) is 6.61 Å². The van der Waals surface area contributed by atoms with Crippen LogP contribution in [0.5, 0.6) is 0 Å². The third-order valence-electron chi connectivity index (χ3n) is 1.44. The molecule has 2 heterocycles.